The quantitative estimate of drug-likeness (QED) is 0.856. The van der Waals surface area contributed by atoms with E-state index in [1.165, 1.54) is 0 Å². The highest BCUT2D eigenvalue weighted by molar-refractivity contribution is 5.54. The maximum Gasteiger partial charge on any atom is 0.124 e. The summed E-state index contributed by atoms with van der Waals surface area (Å²) in [5, 5.41) is 13.2. The first kappa shape index (κ1) is 14.8. The van der Waals surface area contributed by atoms with Crippen LogP contribution in [0.3, 0.4) is 0 Å². The molecule has 5 nitrogen and oxygen atoms in total. The van der Waals surface area contributed by atoms with E-state index in [4.69, 9.17) is 14.2 Å². The third kappa shape index (κ3) is 3.72. The van der Waals surface area contributed by atoms with E-state index in [-0.39, 0.29) is 5.75 Å². The van der Waals surface area contributed by atoms with Gasteiger partial charge in [-0.25, -0.2) is 0 Å². The second-order valence-corrected chi connectivity index (χ2v) is 4.45. The summed E-state index contributed by atoms with van der Waals surface area (Å²) in [5.41, 5.74) is 1.62. The summed E-state index contributed by atoms with van der Waals surface area (Å²) in [5.74, 6) is 2.22. The zero-order chi connectivity index (χ0) is 15.2. The molecule has 0 bridgehead atoms. The second kappa shape index (κ2) is 6.74. The van der Waals surface area contributed by atoms with Gasteiger partial charge in [0.25, 0.3) is 0 Å². The number of methoxy groups -OCH3 is 3. The van der Waals surface area contributed by atoms with E-state index in [0.29, 0.717) is 23.8 Å². The number of ether oxygens (including phenoxy) is 3. The summed E-state index contributed by atoms with van der Waals surface area (Å²) in [7, 11) is 4.77. The molecule has 2 rings (SSSR count). The van der Waals surface area contributed by atoms with Gasteiger partial charge < -0.3 is 24.6 Å². The van der Waals surface area contributed by atoms with Crippen molar-refractivity contribution in [2.45, 2.75) is 6.54 Å². The largest absolute Gasteiger partial charge is 0.507 e. The Morgan fingerprint density at radius 3 is 2.00 bits per heavy atom. The molecule has 0 aliphatic heterocycles. The molecule has 0 aromatic heterocycles. The van der Waals surface area contributed by atoms with Gasteiger partial charge in [0, 0.05) is 42.1 Å². The SMILES string of the molecule is COc1cc(NCc2ccc(OC)cc2O)cc(OC)c1. The third-order valence-corrected chi connectivity index (χ3v) is 3.13. The molecule has 0 fully saturated rings. The molecule has 0 spiro atoms. The van der Waals surface area contributed by atoms with Crippen LogP contribution >= 0.6 is 0 Å². The van der Waals surface area contributed by atoms with Crippen LogP contribution in [0.5, 0.6) is 23.0 Å². The van der Waals surface area contributed by atoms with E-state index in [9.17, 15) is 5.11 Å². The number of hydrogen-bond donors (Lipinski definition) is 2. The van der Waals surface area contributed by atoms with Crippen LogP contribution in [-0.2, 0) is 6.54 Å². The molecular formula is C16H19NO4. The van der Waals surface area contributed by atoms with E-state index < -0.39 is 0 Å². The fraction of sp³-hybridized carbons (Fsp3) is 0.250. The van der Waals surface area contributed by atoms with Crippen molar-refractivity contribution >= 4 is 5.69 Å². The van der Waals surface area contributed by atoms with Gasteiger partial charge in [0.1, 0.15) is 23.0 Å². The molecule has 0 heterocycles. The Labute approximate surface area is 124 Å². The summed E-state index contributed by atoms with van der Waals surface area (Å²) in [4.78, 5) is 0. The summed E-state index contributed by atoms with van der Waals surface area (Å²) < 4.78 is 15.5. The number of phenolic OH excluding ortho intramolecular Hbond substituents is 1. The molecule has 21 heavy (non-hydrogen) atoms. The van der Waals surface area contributed by atoms with Crippen molar-refractivity contribution in [1.82, 2.24) is 0 Å². The van der Waals surface area contributed by atoms with Gasteiger partial charge in [-0.05, 0) is 12.1 Å². The minimum Gasteiger partial charge on any atom is -0.507 e. The van der Waals surface area contributed by atoms with E-state index in [1.54, 1.807) is 33.5 Å². The number of anilines is 1. The standard InChI is InChI=1S/C16H19NO4/c1-19-13-5-4-11(16(18)9-13)10-17-12-6-14(20-2)8-15(7-12)21-3/h4-9,17-18H,10H2,1-3H3. The molecule has 0 aliphatic carbocycles. The Morgan fingerprint density at radius 1 is 0.857 bits per heavy atom. The van der Waals surface area contributed by atoms with Crippen LogP contribution in [0.25, 0.3) is 0 Å². The van der Waals surface area contributed by atoms with Gasteiger partial charge >= 0.3 is 0 Å². The fourth-order valence-corrected chi connectivity index (χ4v) is 1.93. The number of nitrogens with one attached hydrogen (secondary N) is 1. The molecule has 0 radical (unpaired) electrons. The van der Waals surface area contributed by atoms with Gasteiger partial charge in [-0.2, -0.15) is 0 Å². The number of rotatable bonds is 6. The molecule has 0 aliphatic rings. The fourth-order valence-electron chi connectivity index (χ4n) is 1.93. The van der Waals surface area contributed by atoms with E-state index >= 15 is 0 Å². The number of benzene rings is 2. The minimum absolute atomic E-state index is 0.191. The Kier molecular flexibility index (Phi) is 4.77. The Hall–Kier alpha value is -2.56. The lowest BCUT2D eigenvalue weighted by Gasteiger charge is -2.12. The third-order valence-electron chi connectivity index (χ3n) is 3.13. The molecular weight excluding hydrogens is 270 g/mol. The highest BCUT2D eigenvalue weighted by Gasteiger charge is 2.05. The van der Waals surface area contributed by atoms with E-state index in [2.05, 4.69) is 5.32 Å². The summed E-state index contributed by atoms with van der Waals surface area (Å²) in [6, 6.07) is 10.7. The predicted octanol–water partition coefficient (Wildman–Crippen LogP) is 3.03. The van der Waals surface area contributed by atoms with Gasteiger partial charge in [0.15, 0.2) is 0 Å². The van der Waals surface area contributed by atoms with Gasteiger partial charge in [-0.15, -0.1) is 0 Å². The van der Waals surface area contributed by atoms with Crippen LogP contribution in [0.1, 0.15) is 5.56 Å². The summed E-state index contributed by atoms with van der Waals surface area (Å²) in [6.07, 6.45) is 0. The molecule has 0 saturated carbocycles. The van der Waals surface area contributed by atoms with Gasteiger partial charge in [0.05, 0.1) is 21.3 Å². The second-order valence-electron chi connectivity index (χ2n) is 4.45. The van der Waals surface area contributed by atoms with Crippen LogP contribution in [-0.4, -0.2) is 26.4 Å². The van der Waals surface area contributed by atoms with E-state index in [0.717, 1.165) is 11.3 Å². The number of phenols is 1. The Bertz CT molecular complexity index is 591. The van der Waals surface area contributed by atoms with Gasteiger partial charge in [-0.1, -0.05) is 0 Å². The van der Waals surface area contributed by atoms with Crippen molar-refractivity contribution in [2.75, 3.05) is 26.6 Å². The first-order valence-corrected chi connectivity index (χ1v) is 6.49. The van der Waals surface area contributed by atoms with Crippen molar-refractivity contribution < 1.29 is 19.3 Å². The predicted molar refractivity (Wildman–Crippen MR) is 81.5 cm³/mol. The lowest BCUT2D eigenvalue weighted by atomic mass is 10.2. The van der Waals surface area contributed by atoms with Crippen LogP contribution < -0.4 is 19.5 Å². The smallest absolute Gasteiger partial charge is 0.124 e. The first-order chi connectivity index (χ1) is 10.2. The molecule has 0 amide bonds. The van der Waals surface area contributed by atoms with Crippen LogP contribution in [0, 0.1) is 0 Å². The molecule has 0 atom stereocenters. The lowest BCUT2D eigenvalue weighted by molar-refractivity contribution is 0.394. The molecule has 112 valence electrons. The van der Waals surface area contributed by atoms with Gasteiger partial charge in [0.2, 0.25) is 0 Å². The molecule has 0 unspecified atom stereocenters. The van der Waals surface area contributed by atoms with Crippen molar-refractivity contribution in [3.63, 3.8) is 0 Å². The zero-order valence-electron chi connectivity index (χ0n) is 12.3. The molecule has 5 heteroatoms. The average Bonchev–Trinajstić information content (AvgIpc) is 2.53. The Balaban J connectivity index is 2.12. The normalized spacial score (nSPS) is 10.0. The minimum atomic E-state index is 0.191. The molecule has 0 saturated heterocycles. The topological polar surface area (TPSA) is 60.0 Å². The van der Waals surface area contributed by atoms with Crippen molar-refractivity contribution in [3.05, 3.63) is 42.0 Å². The molecule has 2 N–H and O–H groups in total. The molecule has 2 aromatic rings. The summed E-state index contributed by atoms with van der Waals surface area (Å²) in [6.45, 7) is 0.478. The summed E-state index contributed by atoms with van der Waals surface area (Å²) >= 11 is 0. The van der Waals surface area contributed by atoms with Crippen molar-refractivity contribution in [2.24, 2.45) is 0 Å². The van der Waals surface area contributed by atoms with Crippen molar-refractivity contribution in [3.8, 4) is 23.0 Å². The number of aromatic hydroxyl groups is 1. The number of hydrogen-bond acceptors (Lipinski definition) is 5. The van der Waals surface area contributed by atoms with Gasteiger partial charge in [-0.3, -0.25) is 0 Å². The van der Waals surface area contributed by atoms with Crippen LogP contribution in [0.15, 0.2) is 36.4 Å². The van der Waals surface area contributed by atoms with Crippen LogP contribution in [0.4, 0.5) is 5.69 Å². The zero-order valence-corrected chi connectivity index (χ0v) is 12.3. The molecule has 2 aromatic carbocycles. The van der Waals surface area contributed by atoms with E-state index in [1.807, 2.05) is 24.3 Å². The van der Waals surface area contributed by atoms with Crippen LogP contribution in [0.2, 0.25) is 0 Å². The maximum atomic E-state index is 9.93. The highest BCUT2D eigenvalue weighted by Crippen LogP contribution is 2.28. The van der Waals surface area contributed by atoms with Crippen molar-refractivity contribution in [1.29, 1.82) is 0 Å². The first-order valence-electron chi connectivity index (χ1n) is 6.49. The maximum absolute atomic E-state index is 9.93. The lowest BCUT2D eigenvalue weighted by Crippen LogP contribution is -2.01. The monoisotopic (exact) mass is 289 g/mol. The Morgan fingerprint density at radius 2 is 1.48 bits per heavy atom. The highest BCUT2D eigenvalue weighted by atomic mass is 16.5. The average molecular weight is 289 g/mol.